The van der Waals surface area contributed by atoms with Gasteiger partial charge in [0.25, 0.3) is 0 Å². The number of carboxylic acids is 1. The van der Waals surface area contributed by atoms with E-state index in [0.717, 1.165) is 0 Å². The third kappa shape index (κ3) is 2.30. The van der Waals surface area contributed by atoms with Gasteiger partial charge in [-0.1, -0.05) is 6.92 Å². The van der Waals surface area contributed by atoms with Crippen LogP contribution in [0, 0.1) is 5.92 Å². The van der Waals surface area contributed by atoms with Gasteiger partial charge in [0.15, 0.2) is 11.5 Å². The Hall–Kier alpha value is -1.27. The minimum absolute atomic E-state index is 0.129. The van der Waals surface area contributed by atoms with Gasteiger partial charge in [-0.3, -0.25) is 4.79 Å². The largest absolute Gasteiger partial charge is 0.481 e. The summed E-state index contributed by atoms with van der Waals surface area (Å²) in [4.78, 5) is 11.0. The first-order chi connectivity index (χ1) is 8.54. The van der Waals surface area contributed by atoms with Gasteiger partial charge >= 0.3 is 5.97 Å². The number of halogens is 1. The van der Waals surface area contributed by atoms with Crippen LogP contribution < -0.4 is 9.47 Å². The average molecular weight is 317 g/mol. The summed E-state index contributed by atoms with van der Waals surface area (Å²) in [6.45, 7) is 1.85. The van der Waals surface area contributed by atoms with Crippen LogP contribution in [0.3, 0.4) is 0 Å². The maximum Gasteiger partial charge on any atom is 0.309 e. The second kappa shape index (κ2) is 5.16. The molecule has 1 aromatic carbocycles. The molecule has 1 aromatic rings. The lowest BCUT2D eigenvalue weighted by Gasteiger charge is -2.18. The number of rotatable bonds is 4. The molecule has 2 atom stereocenters. The first-order valence-corrected chi connectivity index (χ1v) is 6.33. The smallest absolute Gasteiger partial charge is 0.309 e. The first kappa shape index (κ1) is 13.2. The number of carbonyl (C=O) groups is 1. The third-order valence-corrected chi connectivity index (χ3v) is 3.52. The Labute approximate surface area is 112 Å². The van der Waals surface area contributed by atoms with Gasteiger partial charge in [0.2, 0.25) is 6.79 Å². The topological polar surface area (TPSA) is 76.0 Å². The number of fused-ring (bicyclic) bond motifs is 1. The van der Waals surface area contributed by atoms with Crippen LogP contribution in [0.25, 0.3) is 0 Å². The molecule has 0 amide bonds. The van der Waals surface area contributed by atoms with E-state index in [1.54, 1.807) is 19.1 Å². The number of aliphatic carboxylic acids is 1. The predicted molar refractivity (Wildman–Crippen MR) is 66.6 cm³/mol. The number of hydrogen-bond acceptors (Lipinski definition) is 4. The van der Waals surface area contributed by atoms with Crippen LogP contribution in [-0.2, 0) is 4.79 Å². The number of aliphatic hydroxyl groups is 1. The minimum atomic E-state index is -1.07. The molecule has 2 unspecified atom stereocenters. The zero-order valence-electron chi connectivity index (χ0n) is 9.72. The van der Waals surface area contributed by atoms with Crippen LogP contribution in [0.15, 0.2) is 16.6 Å². The highest BCUT2D eigenvalue weighted by Crippen LogP contribution is 2.42. The van der Waals surface area contributed by atoms with Crippen molar-refractivity contribution in [2.75, 3.05) is 6.79 Å². The molecule has 0 bridgehead atoms. The molecule has 0 spiro atoms. The standard InChI is InChI=1S/C12H13BrO5/c1-2-7(12(15)16)10(14)6-3-8(13)11-9(4-6)17-5-18-11/h3-4,7,10,14H,2,5H2,1H3,(H,15,16). The van der Waals surface area contributed by atoms with Crippen molar-refractivity contribution in [2.24, 2.45) is 5.92 Å². The molecule has 0 radical (unpaired) electrons. The highest BCUT2D eigenvalue weighted by atomic mass is 79.9. The monoisotopic (exact) mass is 316 g/mol. The summed E-state index contributed by atoms with van der Waals surface area (Å²) < 4.78 is 11.1. The van der Waals surface area contributed by atoms with E-state index in [0.29, 0.717) is 28.0 Å². The summed E-state index contributed by atoms with van der Waals surface area (Å²) in [7, 11) is 0. The quantitative estimate of drug-likeness (QED) is 0.891. The molecule has 0 fully saturated rings. The fourth-order valence-corrected chi connectivity index (χ4v) is 2.50. The van der Waals surface area contributed by atoms with Crippen LogP contribution >= 0.6 is 15.9 Å². The number of carboxylic acid groups (broad SMARTS) is 1. The molecule has 2 N–H and O–H groups in total. The lowest BCUT2D eigenvalue weighted by Crippen LogP contribution is -2.21. The lowest BCUT2D eigenvalue weighted by atomic mass is 9.93. The number of ether oxygens (including phenoxy) is 2. The van der Waals surface area contributed by atoms with Crippen LogP contribution in [0.4, 0.5) is 0 Å². The van der Waals surface area contributed by atoms with Crippen molar-refractivity contribution in [3.63, 3.8) is 0 Å². The van der Waals surface area contributed by atoms with Crippen LogP contribution in [0.1, 0.15) is 25.0 Å². The molecule has 1 aliphatic rings. The van der Waals surface area contributed by atoms with Gasteiger partial charge in [-0.2, -0.15) is 0 Å². The molecule has 0 saturated heterocycles. The summed E-state index contributed by atoms with van der Waals surface area (Å²) in [6.07, 6.45) is -0.721. The summed E-state index contributed by atoms with van der Waals surface area (Å²) >= 11 is 3.31. The van der Waals surface area contributed by atoms with Gasteiger partial charge in [-0.05, 0) is 40.0 Å². The average Bonchev–Trinajstić information content (AvgIpc) is 2.77. The molecule has 0 saturated carbocycles. The molecule has 5 nitrogen and oxygen atoms in total. The molecule has 2 rings (SSSR count). The molecule has 98 valence electrons. The van der Waals surface area contributed by atoms with Gasteiger partial charge in [0.1, 0.15) is 0 Å². The zero-order valence-corrected chi connectivity index (χ0v) is 11.3. The molecular weight excluding hydrogens is 304 g/mol. The van der Waals surface area contributed by atoms with E-state index in [4.69, 9.17) is 14.6 Å². The minimum Gasteiger partial charge on any atom is -0.481 e. The second-order valence-corrected chi connectivity index (χ2v) is 4.89. The van der Waals surface area contributed by atoms with Gasteiger partial charge < -0.3 is 19.7 Å². The van der Waals surface area contributed by atoms with Gasteiger partial charge in [0.05, 0.1) is 16.5 Å². The van der Waals surface area contributed by atoms with Gasteiger partial charge in [0, 0.05) is 0 Å². The highest BCUT2D eigenvalue weighted by Gasteiger charge is 2.28. The van der Waals surface area contributed by atoms with Gasteiger partial charge in [-0.15, -0.1) is 0 Å². The molecule has 18 heavy (non-hydrogen) atoms. The molecule has 1 aliphatic heterocycles. The Morgan fingerprint density at radius 2 is 2.22 bits per heavy atom. The molecule has 0 aromatic heterocycles. The SMILES string of the molecule is CCC(C(=O)O)C(O)c1cc(Br)c2c(c1)OCO2. The van der Waals surface area contributed by atoms with Crippen LogP contribution in [0.2, 0.25) is 0 Å². The first-order valence-electron chi connectivity index (χ1n) is 5.54. The van der Waals surface area contributed by atoms with E-state index < -0.39 is 18.0 Å². The van der Waals surface area contributed by atoms with Crippen molar-refractivity contribution in [1.29, 1.82) is 0 Å². The van der Waals surface area contributed by atoms with E-state index in [2.05, 4.69) is 15.9 Å². The normalized spacial score (nSPS) is 16.4. The van der Waals surface area contributed by atoms with Crippen molar-refractivity contribution in [1.82, 2.24) is 0 Å². The summed E-state index contributed by atoms with van der Waals surface area (Å²) in [5.41, 5.74) is 0.500. The maximum absolute atomic E-state index is 11.0. The predicted octanol–water partition coefficient (Wildman–Crippen LogP) is 2.32. The Morgan fingerprint density at radius 1 is 1.50 bits per heavy atom. The Bertz CT molecular complexity index is 474. The van der Waals surface area contributed by atoms with E-state index >= 15 is 0 Å². The van der Waals surface area contributed by atoms with Crippen molar-refractivity contribution in [3.05, 3.63) is 22.2 Å². The lowest BCUT2D eigenvalue weighted by molar-refractivity contribution is -0.146. The number of aliphatic hydroxyl groups excluding tert-OH is 1. The highest BCUT2D eigenvalue weighted by molar-refractivity contribution is 9.10. The fraction of sp³-hybridized carbons (Fsp3) is 0.417. The fourth-order valence-electron chi connectivity index (χ4n) is 1.92. The van der Waals surface area contributed by atoms with E-state index in [-0.39, 0.29) is 6.79 Å². The van der Waals surface area contributed by atoms with Crippen molar-refractivity contribution >= 4 is 21.9 Å². The molecule has 0 aliphatic carbocycles. The summed E-state index contributed by atoms with van der Waals surface area (Å²) in [5.74, 6) is -0.760. The van der Waals surface area contributed by atoms with Crippen LogP contribution in [-0.4, -0.2) is 23.0 Å². The number of benzene rings is 1. The Balaban J connectivity index is 2.34. The second-order valence-electron chi connectivity index (χ2n) is 4.03. The van der Waals surface area contributed by atoms with Crippen molar-refractivity contribution in [2.45, 2.75) is 19.4 Å². The van der Waals surface area contributed by atoms with Crippen LogP contribution in [0.5, 0.6) is 11.5 Å². The Morgan fingerprint density at radius 3 is 2.83 bits per heavy atom. The summed E-state index contributed by atoms with van der Waals surface area (Å²) in [6, 6.07) is 3.27. The maximum atomic E-state index is 11.0. The van der Waals surface area contributed by atoms with E-state index in [1.165, 1.54) is 0 Å². The van der Waals surface area contributed by atoms with E-state index in [9.17, 15) is 9.90 Å². The van der Waals surface area contributed by atoms with E-state index in [1.807, 2.05) is 0 Å². The summed E-state index contributed by atoms with van der Waals surface area (Å²) in [5, 5.41) is 19.1. The van der Waals surface area contributed by atoms with Gasteiger partial charge in [-0.25, -0.2) is 0 Å². The third-order valence-electron chi connectivity index (χ3n) is 2.93. The molecule has 1 heterocycles. The van der Waals surface area contributed by atoms with Crippen molar-refractivity contribution in [3.8, 4) is 11.5 Å². The zero-order chi connectivity index (χ0) is 13.3. The molecular formula is C12H13BrO5. The Kier molecular flexibility index (Phi) is 3.77. The molecule has 6 heteroatoms. The number of hydrogen-bond donors (Lipinski definition) is 2. The van der Waals surface area contributed by atoms with Crippen molar-refractivity contribution < 1.29 is 24.5 Å².